The van der Waals surface area contributed by atoms with Gasteiger partial charge in [-0.15, -0.1) is 0 Å². The van der Waals surface area contributed by atoms with Gasteiger partial charge in [0, 0.05) is 66.2 Å². The van der Waals surface area contributed by atoms with Gasteiger partial charge in [-0.1, -0.05) is 161 Å². The predicted octanol–water partition coefficient (Wildman–Crippen LogP) is 14.7. The van der Waals surface area contributed by atoms with Gasteiger partial charge in [-0.25, -0.2) is 0 Å². The summed E-state index contributed by atoms with van der Waals surface area (Å²) in [7, 11) is -1.22. The van der Waals surface area contributed by atoms with E-state index < -0.39 is 8.07 Å². The first-order valence-corrected chi connectivity index (χ1v) is 24.4. The fraction of sp³-hybridized carbons (Fsp3) is 0.182. The van der Waals surface area contributed by atoms with Crippen LogP contribution in [0.4, 0.5) is 0 Å². The Labute approximate surface area is 376 Å². The van der Waals surface area contributed by atoms with Crippen LogP contribution in [0, 0.1) is 19.8 Å². The van der Waals surface area contributed by atoms with Crippen LogP contribution in [0.3, 0.4) is 0 Å². The van der Waals surface area contributed by atoms with Crippen molar-refractivity contribution in [3.8, 4) is 44.9 Å². The standard InChI is InChI=1S/C30H29NO.C14H17NSi.C11H9N.Ir/c1-18(2)21(5)22-11-12-31-28(16-22)27-8-6-7-26-25-10-9-23(17-29(25)32-30(26)27)24-14-19(3)13-20(4)15-24;1-16(2,3)13-9-10-14(15-11-13)12-7-5-4-6-8-12;1-2-6-10(7-3-1)11-8-4-5-9-12-11;/h6-18,21H,1-5H3;4-11H,1-3H3;1-9H;. The number of rotatable bonds is 7. The largest absolute Gasteiger partial charge is 0.455 e. The van der Waals surface area contributed by atoms with Crippen LogP contribution in [0.5, 0.6) is 0 Å². The van der Waals surface area contributed by atoms with Crippen molar-refractivity contribution < 1.29 is 24.5 Å². The molecule has 309 valence electrons. The predicted molar refractivity (Wildman–Crippen MR) is 257 cm³/mol. The van der Waals surface area contributed by atoms with E-state index in [9.17, 15) is 0 Å². The summed E-state index contributed by atoms with van der Waals surface area (Å²) in [6.45, 7) is 18.1. The maximum absolute atomic E-state index is 6.47. The Hall–Kier alpha value is -5.78. The SMILES string of the molecule is C[Si](C)(C)c1ccc(-c2ccccc2)nc1.Cc1cc(C)cc(-c2ccc3c(c2)oc2c(-c4cc(C(C)C(C)C)ccn4)cccc23)c1.[Ir].c1ccc(-c2ccccn2)cc1. The minimum absolute atomic E-state index is 0. The molecule has 5 aromatic carbocycles. The van der Waals surface area contributed by atoms with Crippen LogP contribution in [-0.4, -0.2) is 23.0 Å². The van der Waals surface area contributed by atoms with E-state index in [1.165, 1.54) is 38.6 Å². The first-order valence-electron chi connectivity index (χ1n) is 20.9. The molecule has 0 saturated carbocycles. The molecule has 1 atom stereocenters. The van der Waals surface area contributed by atoms with Crippen molar-refractivity contribution in [1.29, 1.82) is 0 Å². The molecule has 0 saturated heterocycles. The van der Waals surface area contributed by atoms with Crippen LogP contribution in [0.2, 0.25) is 19.6 Å². The number of furan rings is 1. The first-order chi connectivity index (χ1) is 28.9. The summed E-state index contributed by atoms with van der Waals surface area (Å²) in [4.78, 5) is 13.5. The zero-order valence-electron chi connectivity index (χ0n) is 36.5. The molecule has 1 radical (unpaired) electrons. The second kappa shape index (κ2) is 20.2. The third-order valence-corrected chi connectivity index (χ3v) is 13.1. The number of nitrogens with zero attached hydrogens (tertiary/aromatic N) is 3. The number of fused-ring (bicyclic) bond motifs is 3. The van der Waals surface area contributed by atoms with Crippen molar-refractivity contribution in [2.45, 2.75) is 60.2 Å². The van der Waals surface area contributed by atoms with Gasteiger partial charge in [0.2, 0.25) is 0 Å². The van der Waals surface area contributed by atoms with Crippen LogP contribution < -0.4 is 5.19 Å². The van der Waals surface area contributed by atoms with Crippen LogP contribution in [0.25, 0.3) is 66.8 Å². The summed E-state index contributed by atoms with van der Waals surface area (Å²) in [6, 6.07) is 54.7. The number of pyridine rings is 3. The van der Waals surface area contributed by atoms with E-state index in [0.29, 0.717) is 11.8 Å². The Morgan fingerprint density at radius 2 is 1.13 bits per heavy atom. The zero-order chi connectivity index (χ0) is 42.2. The third kappa shape index (κ3) is 11.1. The second-order valence-corrected chi connectivity index (χ2v) is 22.1. The molecular formula is C55H55IrN3OSi. The maximum atomic E-state index is 6.47. The quantitative estimate of drug-likeness (QED) is 0.149. The van der Waals surface area contributed by atoms with Gasteiger partial charge in [-0.3, -0.25) is 15.0 Å². The summed E-state index contributed by atoms with van der Waals surface area (Å²) >= 11 is 0. The second-order valence-electron chi connectivity index (χ2n) is 17.0. The summed E-state index contributed by atoms with van der Waals surface area (Å²) in [5.41, 5.74) is 14.5. The summed E-state index contributed by atoms with van der Waals surface area (Å²) in [6.07, 6.45) is 5.76. The zero-order valence-corrected chi connectivity index (χ0v) is 39.9. The van der Waals surface area contributed by atoms with E-state index in [1.54, 1.807) is 0 Å². The Bertz CT molecular complexity index is 2740. The van der Waals surface area contributed by atoms with Gasteiger partial charge >= 0.3 is 0 Å². The van der Waals surface area contributed by atoms with Crippen LogP contribution in [0.1, 0.15) is 43.4 Å². The van der Waals surface area contributed by atoms with Gasteiger partial charge in [0.1, 0.15) is 11.2 Å². The number of hydrogen-bond acceptors (Lipinski definition) is 4. The van der Waals surface area contributed by atoms with E-state index in [4.69, 9.17) is 9.40 Å². The van der Waals surface area contributed by atoms with Crippen molar-refractivity contribution in [1.82, 2.24) is 15.0 Å². The Kier molecular flexibility index (Phi) is 14.8. The molecule has 0 spiro atoms. The van der Waals surface area contributed by atoms with E-state index in [1.807, 2.05) is 73.2 Å². The van der Waals surface area contributed by atoms with Crippen molar-refractivity contribution in [2.24, 2.45) is 5.92 Å². The molecule has 61 heavy (non-hydrogen) atoms. The van der Waals surface area contributed by atoms with Crippen LogP contribution >= 0.6 is 0 Å². The molecule has 0 N–H and O–H groups in total. The Balaban J connectivity index is 0.000000178. The van der Waals surface area contributed by atoms with Gasteiger partial charge < -0.3 is 4.42 Å². The minimum atomic E-state index is -1.22. The maximum Gasteiger partial charge on any atom is 0.144 e. The van der Waals surface area contributed by atoms with Gasteiger partial charge in [0.05, 0.1) is 25.2 Å². The molecule has 4 aromatic heterocycles. The molecule has 4 heterocycles. The molecule has 0 bridgehead atoms. The fourth-order valence-electron chi connectivity index (χ4n) is 7.34. The average molecular weight is 994 g/mol. The van der Waals surface area contributed by atoms with Gasteiger partial charge in [0.25, 0.3) is 0 Å². The minimum Gasteiger partial charge on any atom is -0.455 e. The summed E-state index contributed by atoms with van der Waals surface area (Å²) in [5.74, 6) is 1.06. The Morgan fingerprint density at radius 3 is 1.72 bits per heavy atom. The topological polar surface area (TPSA) is 51.8 Å². The molecule has 0 amide bonds. The number of hydrogen-bond donors (Lipinski definition) is 0. The molecule has 4 nitrogen and oxygen atoms in total. The average Bonchev–Trinajstić information content (AvgIpc) is 3.65. The molecule has 1 unspecified atom stereocenters. The Morgan fingerprint density at radius 1 is 0.492 bits per heavy atom. The van der Waals surface area contributed by atoms with Gasteiger partial charge in [-0.05, 0) is 96.1 Å². The number of aromatic nitrogens is 3. The first kappa shape index (κ1) is 44.8. The molecule has 9 rings (SSSR count). The molecule has 0 fully saturated rings. The van der Waals surface area contributed by atoms with Crippen LogP contribution in [-0.2, 0) is 20.1 Å². The van der Waals surface area contributed by atoms with E-state index in [2.05, 4.69) is 167 Å². The van der Waals surface area contributed by atoms with Crippen LogP contribution in [0.15, 0.2) is 181 Å². The van der Waals surface area contributed by atoms with Crippen molar-refractivity contribution in [3.63, 3.8) is 0 Å². The monoisotopic (exact) mass is 994 g/mol. The molecule has 0 aliphatic rings. The molecule has 6 heteroatoms. The van der Waals surface area contributed by atoms with Crippen molar-refractivity contribution >= 4 is 35.2 Å². The fourth-order valence-corrected chi connectivity index (χ4v) is 8.38. The summed E-state index contributed by atoms with van der Waals surface area (Å²) < 4.78 is 6.47. The molecular weight excluding hydrogens is 939 g/mol. The number of benzene rings is 5. The molecule has 9 aromatic rings. The van der Waals surface area contributed by atoms with Gasteiger partial charge in [0.15, 0.2) is 0 Å². The van der Waals surface area contributed by atoms with Crippen molar-refractivity contribution in [2.75, 3.05) is 0 Å². The van der Waals surface area contributed by atoms with E-state index in [-0.39, 0.29) is 20.1 Å². The number of para-hydroxylation sites is 1. The van der Waals surface area contributed by atoms with Crippen molar-refractivity contribution in [3.05, 3.63) is 193 Å². The van der Waals surface area contributed by atoms with E-state index >= 15 is 0 Å². The van der Waals surface area contributed by atoms with Gasteiger partial charge in [-0.2, -0.15) is 0 Å². The number of aryl methyl sites for hydroxylation is 2. The van der Waals surface area contributed by atoms with E-state index in [0.717, 1.165) is 50.1 Å². The smallest absolute Gasteiger partial charge is 0.144 e. The molecule has 0 aliphatic carbocycles. The normalized spacial score (nSPS) is 11.6. The third-order valence-electron chi connectivity index (χ3n) is 11.1. The summed E-state index contributed by atoms with van der Waals surface area (Å²) in [5, 5.41) is 3.68. The molecule has 0 aliphatic heterocycles.